The zero-order valence-electron chi connectivity index (χ0n) is 11.5. The Kier molecular flexibility index (Phi) is 2.86. The molecular formula is C16H21NS. The zero-order chi connectivity index (χ0) is 12.8. The predicted molar refractivity (Wildman–Crippen MR) is 81.8 cm³/mol. The van der Waals surface area contributed by atoms with E-state index >= 15 is 0 Å². The molecule has 1 aliphatic heterocycles. The first-order chi connectivity index (χ1) is 8.53. The fourth-order valence-electron chi connectivity index (χ4n) is 2.72. The number of hydrogen-bond donors (Lipinski definition) is 0. The van der Waals surface area contributed by atoms with Gasteiger partial charge in [0.15, 0.2) is 0 Å². The number of anilines is 1. The molecule has 96 valence electrons. The highest BCUT2D eigenvalue weighted by Gasteiger charge is 2.25. The molecule has 1 nitrogen and oxygen atoms in total. The molecule has 0 unspecified atom stereocenters. The second-order valence-corrected chi connectivity index (χ2v) is 7.52. The van der Waals surface area contributed by atoms with Gasteiger partial charge >= 0.3 is 0 Å². The largest absolute Gasteiger partial charge is 0.371 e. The van der Waals surface area contributed by atoms with E-state index in [2.05, 4.69) is 49.9 Å². The molecule has 1 aromatic carbocycles. The predicted octanol–water partition coefficient (Wildman–Crippen LogP) is 4.84. The van der Waals surface area contributed by atoms with Gasteiger partial charge in [-0.25, -0.2) is 0 Å². The van der Waals surface area contributed by atoms with Crippen molar-refractivity contribution in [2.75, 3.05) is 18.0 Å². The maximum absolute atomic E-state index is 2.54. The van der Waals surface area contributed by atoms with Crippen LogP contribution in [0.15, 0.2) is 24.3 Å². The summed E-state index contributed by atoms with van der Waals surface area (Å²) in [7, 11) is 0. The molecule has 2 aromatic rings. The fraction of sp³-hybridized carbons (Fsp3) is 0.500. The summed E-state index contributed by atoms with van der Waals surface area (Å²) in [6.45, 7) is 9.35. The van der Waals surface area contributed by atoms with E-state index in [-0.39, 0.29) is 0 Å². The van der Waals surface area contributed by atoms with Crippen LogP contribution in [0.3, 0.4) is 0 Å². The number of thiophene rings is 1. The van der Waals surface area contributed by atoms with Crippen LogP contribution in [0.5, 0.6) is 0 Å². The van der Waals surface area contributed by atoms with E-state index in [0.29, 0.717) is 5.41 Å². The molecule has 0 bridgehead atoms. The second kappa shape index (κ2) is 4.27. The minimum atomic E-state index is 0.528. The monoisotopic (exact) mass is 259 g/mol. The fourth-order valence-corrected chi connectivity index (χ4v) is 3.68. The van der Waals surface area contributed by atoms with E-state index in [4.69, 9.17) is 0 Å². The van der Waals surface area contributed by atoms with Crippen molar-refractivity contribution in [1.82, 2.24) is 0 Å². The smallest absolute Gasteiger partial charge is 0.0380 e. The van der Waals surface area contributed by atoms with Gasteiger partial charge in [0.1, 0.15) is 0 Å². The average molecular weight is 259 g/mol. The van der Waals surface area contributed by atoms with E-state index < -0.39 is 0 Å². The average Bonchev–Trinajstić information content (AvgIpc) is 2.68. The Morgan fingerprint density at radius 3 is 2.56 bits per heavy atom. The van der Waals surface area contributed by atoms with E-state index in [1.807, 2.05) is 11.3 Å². The lowest BCUT2D eigenvalue weighted by molar-refractivity contribution is 0.280. The molecule has 0 spiro atoms. The van der Waals surface area contributed by atoms with E-state index in [1.165, 1.54) is 46.6 Å². The number of aryl methyl sites for hydroxylation is 1. The van der Waals surface area contributed by atoms with Gasteiger partial charge in [-0.1, -0.05) is 19.9 Å². The first-order valence-corrected chi connectivity index (χ1v) is 7.60. The van der Waals surface area contributed by atoms with Crippen molar-refractivity contribution < 1.29 is 0 Å². The highest BCUT2D eigenvalue weighted by Crippen LogP contribution is 2.34. The summed E-state index contributed by atoms with van der Waals surface area (Å²) in [5, 5.41) is 1.39. The van der Waals surface area contributed by atoms with E-state index in [9.17, 15) is 0 Å². The number of benzene rings is 1. The minimum absolute atomic E-state index is 0.528. The van der Waals surface area contributed by atoms with Crippen LogP contribution in [0.25, 0.3) is 10.1 Å². The van der Waals surface area contributed by atoms with Gasteiger partial charge in [0.25, 0.3) is 0 Å². The molecule has 1 saturated heterocycles. The molecule has 18 heavy (non-hydrogen) atoms. The molecule has 1 fully saturated rings. The van der Waals surface area contributed by atoms with Crippen molar-refractivity contribution in [3.8, 4) is 0 Å². The van der Waals surface area contributed by atoms with Crippen LogP contribution in [-0.2, 0) is 0 Å². The summed E-state index contributed by atoms with van der Waals surface area (Å²) in [5.41, 5.74) is 1.93. The summed E-state index contributed by atoms with van der Waals surface area (Å²) in [5.74, 6) is 0. The zero-order valence-corrected chi connectivity index (χ0v) is 12.3. The third-order valence-electron chi connectivity index (χ3n) is 4.11. The molecule has 0 radical (unpaired) electrons. The van der Waals surface area contributed by atoms with Gasteiger partial charge in [-0.3, -0.25) is 0 Å². The third kappa shape index (κ3) is 2.26. The summed E-state index contributed by atoms with van der Waals surface area (Å²) < 4.78 is 1.43. The number of fused-ring (bicyclic) bond motifs is 1. The Hall–Kier alpha value is -1.02. The third-order valence-corrected chi connectivity index (χ3v) is 5.12. The van der Waals surface area contributed by atoms with E-state index in [1.54, 1.807) is 0 Å². The van der Waals surface area contributed by atoms with Crippen LogP contribution in [-0.4, -0.2) is 13.1 Å². The molecule has 2 heterocycles. The molecule has 0 saturated carbocycles. The van der Waals surface area contributed by atoms with Crippen LogP contribution in [0.4, 0.5) is 5.69 Å². The molecule has 0 amide bonds. The van der Waals surface area contributed by atoms with Gasteiger partial charge in [0.05, 0.1) is 0 Å². The van der Waals surface area contributed by atoms with Gasteiger partial charge < -0.3 is 4.90 Å². The van der Waals surface area contributed by atoms with Gasteiger partial charge in [-0.15, -0.1) is 11.3 Å². The van der Waals surface area contributed by atoms with Crippen molar-refractivity contribution >= 4 is 27.1 Å². The molecule has 1 aromatic heterocycles. The maximum atomic E-state index is 2.54. The SMILES string of the molecule is Cc1cc2ccc(N3CCC(C)(C)CC3)cc2s1. The molecule has 0 aliphatic carbocycles. The lowest BCUT2D eigenvalue weighted by Crippen LogP contribution is -2.37. The quantitative estimate of drug-likeness (QED) is 0.708. The Morgan fingerprint density at radius 1 is 1.11 bits per heavy atom. The van der Waals surface area contributed by atoms with Gasteiger partial charge in [0, 0.05) is 28.4 Å². The molecule has 2 heteroatoms. The highest BCUT2D eigenvalue weighted by molar-refractivity contribution is 7.19. The normalized spacial score (nSPS) is 19.4. The molecule has 3 rings (SSSR count). The maximum Gasteiger partial charge on any atom is 0.0380 e. The van der Waals surface area contributed by atoms with Crippen molar-refractivity contribution in [3.05, 3.63) is 29.1 Å². The first kappa shape index (κ1) is 12.0. The molecule has 0 N–H and O–H groups in total. The van der Waals surface area contributed by atoms with Gasteiger partial charge in [-0.05, 0) is 48.8 Å². The van der Waals surface area contributed by atoms with Crippen molar-refractivity contribution in [2.45, 2.75) is 33.6 Å². The number of rotatable bonds is 1. The molecular weight excluding hydrogens is 238 g/mol. The topological polar surface area (TPSA) is 3.24 Å². The van der Waals surface area contributed by atoms with Gasteiger partial charge in [-0.2, -0.15) is 0 Å². The summed E-state index contributed by atoms with van der Waals surface area (Å²) >= 11 is 1.90. The van der Waals surface area contributed by atoms with Crippen LogP contribution >= 0.6 is 11.3 Å². The summed E-state index contributed by atoms with van der Waals surface area (Å²) in [6, 6.07) is 9.20. The highest BCUT2D eigenvalue weighted by atomic mass is 32.1. The van der Waals surface area contributed by atoms with Crippen molar-refractivity contribution in [2.24, 2.45) is 5.41 Å². The Balaban J connectivity index is 1.86. The Labute approximate surface area is 113 Å². The summed E-state index contributed by atoms with van der Waals surface area (Å²) in [4.78, 5) is 3.95. The molecule has 0 atom stereocenters. The number of nitrogens with zero attached hydrogens (tertiary/aromatic N) is 1. The van der Waals surface area contributed by atoms with Gasteiger partial charge in [0.2, 0.25) is 0 Å². The lowest BCUT2D eigenvalue weighted by Gasteiger charge is -2.38. The Morgan fingerprint density at radius 2 is 1.83 bits per heavy atom. The Bertz CT molecular complexity index is 557. The van der Waals surface area contributed by atoms with Crippen LogP contribution in [0, 0.1) is 12.3 Å². The lowest BCUT2D eigenvalue weighted by atomic mass is 9.82. The van der Waals surface area contributed by atoms with Crippen molar-refractivity contribution in [3.63, 3.8) is 0 Å². The summed E-state index contributed by atoms with van der Waals surface area (Å²) in [6.07, 6.45) is 2.60. The standard InChI is InChI=1S/C16H21NS/c1-12-10-13-4-5-14(11-15(13)18-12)17-8-6-16(2,3)7-9-17/h4-5,10-11H,6-9H2,1-3H3. The minimum Gasteiger partial charge on any atom is -0.371 e. The van der Waals surface area contributed by atoms with Crippen LogP contribution in [0.2, 0.25) is 0 Å². The van der Waals surface area contributed by atoms with Crippen LogP contribution in [0.1, 0.15) is 31.6 Å². The van der Waals surface area contributed by atoms with E-state index in [0.717, 1.165) is 0 Å². The van der Waals surface area contributed by atoms with Crippen molar-refractivity contribution in [1.29, 1.82) is 0 Å². The first-order valence-electron chi connectivity index (χ1n) is 6.79. The second-order valence-electron chi connectivity index (χ2n) is 6.23. The van der Waals surface area contributed by atoms with Crippen LogP contribution < -0.4 is 4.90 Å². The molecule has 1 aliphatic rings. The number of hydrogen-bond acceptors (Lipinski definition) is 2. The number of piperidine rings is 1.